The van der Waals surface area contributed by atoms with Crippen molar-refractivity contribution < 1.29 is 23.9 Å². The number of halogens is 1. The third kappa shape index (κ3) is 8.03. The molecule has 0 aliphatic carbocycles. The van der Waals surface area contributed by atoms with Crippen molar-refractivity contribution in [2.75, 3.05) is 20.6 Å². The quantitative estimate of drug-likeness (QED) is 0.393. The number of phenolic OH excluding ortho intramolecular Hbond substituents is 1. The predicted molar refractivity (Wildman–Crippen MR) is 155 cm³/mol. The normalized spacial score (nSPS) is 13.9. The summed E-state index contributed by atoms with van der Waals surface area (Å²) in [7, 11) is 3.07. The Morgan fingerprint density at radius 3 is 2.08 bits per heavy atom. The molecule has 2 aromatic rings. The molecule has 3 unspecified atom stereocenters. The summed E-state index contributed by atoms with van der Waals surface area (Å²) in [4.78, 5) is 43.4. The van der Waals surface area contributed by atoms with E-state index in [2.05, 4.69) is 5.32 Å². The Labute approximate surface area is 237 Å². The zero-order valence-corrected chi connectivity index (χ0v) is 25.0. The minimum atomic E-state index is -0.929. The Hall–Kier alpha value is -3.46. The fourth-order valence-electron chi connectivity index (χ4n) is 5.00. The van der Waals surface area contributed by atoms with Crippen molar-refractivity contribution in [2.24, 2.45) is 11.7 Å². The second-order valence-electron chi connectivity index (χ2n) is 11.6. The van der Waals surface area contributed by atoms with Gasteiger partial charge in [-0.15, -0.1) is 0 Å². The summed E-state index contributed by atoms with van der Waals surface area (Å²) >= 11 is 0. The summed E-state index contributed by atoms with van der Waals surface area (Å²) in [5, 5.41) is 13.1. The van der Waals surface area contributed by atoms with Crippen molar-refractivity contribution in [1.29, 1.82) is 0 Å². The van der Waals surface area contributed by atoms with Gasteiger partial charge < -0.3 is 26.0 Å². The number of likely N-dealkylation sites (N-methyl/N-ethyl adjacent to an activating group) is 3. The van der Waals surface area contributed by atoms with E-state index in [0.717, 1.165) is 11.1 Å². The summed E-state index contributed by atoms with van der Waals surface area (Å²) in [6.07, 6.45) is 0.424. The molecule has 9 heteroatoms. The van der Waals surface area contributed by atoms with Crippen LogP contribution in [0.4, 0.5) is 4.39 Å². The van der Waals surface area contributed by atoms with Gasteiger partial charge in [-0.05, 0) is 59.6 Å². The van der Waals surface area contributed by atoms with Gasteiger partial charge in [-0.1, -0.05) is 58.9 Å². The number of carbonyl (C=O) groups excluding carboxylic acids is 3. The van der Waals surface area contributed by atoms with Crippen molar-refractivity contribution in [3.63, 3.8) is 0 Å². The molecule has 0 bridgehead atoms. The van der Waals surface area contributed by atoms with Gasteiger partial charge in [0.25, 0.3) is 0 Å². The van der Waals surface area contributed by atoms with Crippen LogP contribution in [0, 0.1) is 11.7 Å². The molecule has 0 aliphatic heterocycles. The van der Waals surface area contributed by atoms with E-state index in [1.165, 1.54) is 29.0 Å². The molecular formula is C31H45FN4O4. The van der Waals surface area contributed by atoms with Crippen molar-refractivity contribution in [2.45, 2.75) is 77.9 Å². The molecular weight excluding hydrogens is 511 g/mol. The average molecular weight is 557 g/mol. The zero-order valence-electron chi connectivity index (χ0n) is 25.0. The minimum Gasteiger partial charge on any atom is -0.508 e. The smallest absolute Gasteiger partial charge is 0.246 e. The number of aromatic hydroxyl groups is 1. The first-order valence-electron chi connectivity index (χ1n) is 13.7. The number of nitrogens with one attached hydrogen (secondary N) is 1. The summed E-state index contributed by atoms with van der Waals surface area (Å²) < 4.78 is 13.3. The number of carbonyl (C=O) groups is 3. The maximum atomic E-state index is 14.0. The van der Waals surface area contributed by atoms with Gasteiger partial charge in [0.05, 0.1) is 6.04 Å². The van der Waals surface area contributed by atoms with Gasteiger partial charge in [-0.3, -0.25) is 14.4 Å². The molecule has 0 spiro atoms. The third-order valence-electron chi connectivity index (χ3n) is 7.18. The molecule has 4 N–H and O–H groups in total. The molecule has 40 heavy (non-hydrogen) atoms. The van der Waals surface area contributed by atoms with Crippen LogP contribution in [0.5, 0.6) is 5.75 Å². The molecule has 0 saturated carbocycles. The summed E-state index contributed by atoms with van der Waals surface area (Å²) in [6, 6.07) is 8.39. The lowest BCUT2D eigenvalue weighted by molar-refractivity contribution is -0.150. The fourth-order valence-corrected chi connectivity index (χ4v) is 5.00. The van der Waals surface area contributed by atoms with E-state index < -0.39 is 24.0 Å². The van der Waals surface area contributed by atoms with Gasteiger partial charge in [0.2, 0.25) is 17.7 Å². The first-order chi connectivity index (χ1) is 18.6. The topological polar surface area (TPSA) is 116 Å². The van der Waals surface area contributed by atoms with E-state index in [9.17, 15) is 23.9 Å². The highest BCUT2D eigenvalue weighted by Gasteiger charge is 2.38. The Bertz CT molecular complexity index is 1180. The first kappa shape index (κ1) is 32.8. The van der Waals surface area contributed by atoms with Crippen molar-refractivity contribution >= 4 is 17.7 Å². The van der Waals surface area contributed by atoms with E-state index in [-0.39, 0.29) is 54.1 Å². The monoisotopic (exact) mass is 556 g/mol. The van der Waals surface area contributed by atoms with Crippen LogP contribution in [-0.2, 0) is 32.6 Å². The number of nitrogens with zero attached hydrogens (tertiary/aromatic N) is 2. The lowest BCUT2D eigenvalue weighted by Crippen LogP contribution is -2.59. The highest BCUT2D eigenvalue weighted by Crippen LogP contribution is 2.32. The van der Waals surface area contributed by atoms with Crippen LogP contribution in [0.2, 0.25) is 0 Å². The molecule has 0 fully saturated rings. The molecule has 0 aromatic heterocycles. The van der Waals surface area contributed by atoms with Crippen LogP contribution < -0.4 is 11.1 Å². The highest BCUT2D eigenvalue weighted by atomic mass is 19.1. The Kier molecular flexibility index (Phi) is 11.3. The summed E-state index contributed by atoms with van der Waals surface area (Å²) in [6.45, 7) is 11.7. The van der Waals surface area contributed by atoms with Gasteiger partial charge in [0.1, 0.15) is 23.7 Å². The number of rotatable bonds is 11. The summed E-state index contributed by atoms with van der Waals surface area (Å²) in [5.74, 6) is -1.57. The predicted octanol–water partition coefficient (Wildman–Crippen LogP) is 3.39. The number of hydrogen-bond acceptors (Lipinski definition) is 5. The molecule has 0 heterocycles. The van der Waals surface area contributed by atoms with Crippen molar-refractivity contribution in [3.8, 4) is 5.75 Å². The van der Waals surface area contributed by atoms with E-state index in [0.29, 0.717) is 5.56 Å². The molecule has 220 valence electrons. The number of amides is 3. The van der Waals surface area contributed by atoms with Gasteiger partial charge >= 0.3 is 0 Å². The molecule has 3 atom stereocenters. The number of nitrogens with two attached hydrogens (primary N) is 1. The van der Waals surface area contributed by atoms with E-state index >= 15 is 0 Å². The van der Waals surface area contributed by atoms with E-state index in [1.807, 2.05) is 40.7 Å². The van der Waals surface area contributed by atoms with Crippen LogP contribution in [0.25, 0.3) is 0 Å². The Morgan fingerprint density at radius 2 is 1.57 bits per heavy atom. The lowest BCUT2D eigenvalue weighted by atomic mass is 9.84. The van der Waals surface area contributed by atoms with E-state index in [1.54, 1.807) is 38.2 Å². The molecule has 0 aliphatic rings. The largest absolute Gasteiger partial charge is 0.508 e. The van der Waals surface area contributed by atoms with Crippen LogP contribution >= 0.6 is 0 Å². The second-order valence-corrected chi connectivity index (χ2v) is 11.6. The lowest BCUT2D eigenvalue weighted by Gasteiger charge is -2.38. The first-order valence-corrected chi connectivity index (χ1v) is 13.7. The van der Waals surface area contributed by atoms with Gasteiger partial charge in [0.15, 0.2) is 0 Å². The molecule has 3 amide bonds. The standard InChI is InChI=1S/C31H45FN4O4/c1-9-36(25(28(38)34-7)18-21-12-15-26(37)23(16-21)31(4,5)6)30(40)27(19(2)3)35(8)29(39)24(33)17-20-10-13-22(32)14-11-20/h10-16,19,24-25,27,37H,9,17-18,33H2,1-8H3,(H,34,38). The molecule has 2 rings (SSSR count). The van der Waals surface area contributed by atoms with Crippen LogP contribution in [0.1, 0.15) is 58.2 Å². The number of phenols is 1. The second kappa shape index (κ2) is 13.7. The minimum absolute atomic E-state index is 0.174. The molecule has 2 aromatic carbocycles. The van der Waals surface area contributed by atoms with Crippen LogP contribution in [0.3, 0.4) is 0 Å². The van der Waals surface area contributed by atoms with Gasteiger partial charge in [-0.2, -0.15) is 0 Å². The maximum absolute atomic E-state index is 14.0. The van der Waals surface area contributed by atoms with Crippen molar-refractivity contribution in [1.82, 2.24) is 15.1 Å². The Morgan fingerprint density at radius 1 is 1.00 bits per heavy atom. The van der Waals surface area contributed by atoms with Crippen LogP contribution in [-0.4, -0.2) is 71.4 Å². The average Bonchev–Trinajstić information content (AvgIpc) is 2.88. The molecule has 0 saturated heterocycles. The Balaban J connectivity index is 2.36. The summed E-state index contributed by atoms with van der Waals surface area (Å²) in [5.41, 5.74) is 8.17. The fraction of sp³-hybridized carbons (Fsp3) is 0.516. The SMILES string of the molecule is CCN(C(=O)C(C(C)C)N(C)C(=O)C(N)Cc1ccc(F)cc1)C(Cc1ccc(O)c(C(C)(C)C)c1)C(=O)NC. The third-order valence-corrected chi connectivity index (χ3v) is 7.18. The van der Waals surface area contributed by atoms with Crippen LogP contribution in [0.15, 0.2) is 42.5 Å². The molecule has 0 radical (unpaired) electrons. The number of hydrogen-bond donors (Lipinski definition) is 3. The number of benzene rings is 2. The van der Waals surface area contributed by atoms with E-state index in [4.69, 9.17) is 5.73 Å². The van der Waals surface area contributed by atoms with Crippen molar-refractivity contribution in [3.05, 3.63) is 65.0 Å². The van der Waals surface area contributed by atoms with Gasteiger partial charge in [-0.25, -0.2) is 4.39 Å². The zero-order chi connectivity index (χ0) is 30.4. The van der Waals surface area contributed by atoms with Gasteiger partial charge in [0, 0.05) is 27.1 Å². The highest BCUT2D eigenvalue weighted by molar-refractivity contribution is 5.93. The molecule has 8 nitrogen and oxygen atoms in total. The maximum Gasteiger partial charge on any atom is 0.246 e.